The molecule has 0 aromatic carbocycles. The maximum atomic E-state index is 12.8. The van der Waals surface area contributed by atoms with Crippen LogP contribution in [0.5, 0.6) is 0 Å². The predicted octanol–water partition coefficient (Wildman–Crippen LogP) is 3.10. The summed E-state index contributed by atoms with van der Waals surface area (Å²) in [6, 6.07) is 0. The summed E-state index contributed by atoms with van der Waals surface area (Å²) < 4.78 is 143. The number of unbranched alkanes of at least 4 members (excludes halogenated alkanes) is 1. The van der Waals surface area contributed by atoms with Crippen molar-refractivity contribution in [3.63, 3.8) is 0 Å². The summed E-state index contributed by atoms with van der Waals surface area (Å²) >= 11 is 0. The van der Waals surface area contributed by atoms with Gasteiger partial charge in [-0.2, -0.15) is 47.9 Å². The first kappa shape index (κ1) is 21.2. The fourth-order valence-corrected chi connectivity index (χ4v) is 1.61. The number of hydrogen-bond acceptors (Lipinski definition) is 3. The van der Waals surface area contributed by atoms with Gasteiger partial charge in [0.15, 0.2) is 0 Å². The normalized spacial score (nSPS) is 15.2. The highest BCUT2D eigenvalue weighted by atomic mass is 32.2. The van der Waals surface area contributed by atoms with Crippen molar-refractivity contribution >= 4 is 10.1 Å². The Balaban J connectivity index is 4.79. The minimum absolute atomic E-state index is 0.573. The molecular weight excluding hydrogens is 363 g/mol. The lowest BCUT2D eigenvalue weighted by Gasteiger charge is -2.32. The molecule has 0 aliphatic carbocycles. The van der Waals surface area contributed by atoms with Crippen LogP contribution in [-0.2, 0) is 14.9 Å². The Kier molecular flexibility index (Phi) is 6.17. The van der Waals surface area contributed by atoms with Crippen LogP contribution in [0.25, 0.3) is 0 Å². The molecule has 0 aromatic rings. The fourth-order valence-electron chi connectivity index (χ4n) is 1.04. The van der Waals surface area contributed by atoms with Crippen LogP contribution in [0.3, 0.4) is 0 Å². The molecule has 0 amide bonds. The summed E-state index contributed by atoms with van der Waals surface area (Å²) in [5.74, 6) is -14.9. The van der Waals surface area contributed by atoms with E-state index in [0.717, 1.165) is 0 Å². The van der Waals surface area contributed by atoms with E-state index in [0.29, 0.717) is 0 Å². The van der Waals surface area contributed by atoms with Crippen LogP contribution in [0, 0.1) is 0 Å². The molecule has 0 bridgehead atoms. The highest BCUT2D eigenvalue weighted by molar-refractivity contribution is 7.85. The minimum atomic E-state index is -7.04. The van der Waals surface area contributed by atoms with Crippen molar-refractivity contribution < 1.29 is 57.2 Å². The quantitative estimate of drug-likeness (QED) is 0.404. The van der Waals surface area contributed by atoms with Crippen molar-refractivity contribution in [2.45, 2.75) is 37.0 Å². The van der Waals surface area contributed by atoms with Gasteiger partial charge in [-0.15, -0.1) is 0 Å². The number of hydrogen-bond donors (Lipinski definition) is 1. The van der Waals surface area contributed by atoms with Gasteiger partial charge >= 0.3 is 24.1 Å². The van der Waals surface area contributed by atoms with Crippen LogP contribution in [0.1, 0.15) is 12.8 Å². The molecule has 0 saturated carbocycles. The third-order valence-electron chi connectivity index (χ3n) is 2.20. The van der Waals surface area contributed by atoms with E-state index >= 15 is 0 Å². The lowest BCUT2D eigenvalue weighted by molar-refractivity contribution is -0.444. The highest BCUT2D eigenvalue weighted by Crippen LogP contribution is 2.53. The van der Waals surface area contributed by atoms with Crippen molar-refractivity contribution in [2.24, 2.45) is 0 Å². The second-order valence-electron chi connectivity index (χ2n) is 4.00. The molecule has 0 rings (SSSR count). The Morgan fingerprint density at radius 2 is 1.27 bits per heavy atom. The molecule has 0 spiro atoms. The Morgan fingerprint density at radius 1 is 0.818 bits per heavy atom. The topological polar surface area (TPSA) is 63.6 Å². The molecule has 0 radical (unpaired) electrons. The van der Waals surface area contributed by atoms with Gasteiger partial charge < -0.3 is 4.74 Å². The molecule has 0 aromatic heterocycles. The van der Waals surface area contributed by atoms with Crippen LogP contribution >= 0.6 is 0 Å². The van der Waals surface area contributed by atoms with Crippen molar-refractivity contribution in [3.05, 3.63) is 0 Å². The van der Waals surface area contributed by atoms with Gasteiger partial charge in [0.05, 0.1) is 12.4 Å². The Morgan fingerprint density at radius 3 is 1.64 bits per heavy atom. The predicted molar refractivity (Wildman–Crippen MR) is 52.5 cm³/mol. The van der Waals surface area contributed by atoms with Crippen molar-refractivity contribution in [3.8, 4) is 0 Å². The molecule has 134 valence electrons. The lowest BCUT2D eigenvalue weighted by Crippen LogP contribution is -2.61. The smallest absolute Gasteiger partial charge is 0.316 e. The first-order valence-corrected chi connectivity index (χ1v) is 6.86. The Hall–Kier alpha value is -0.760. The number of halogens is 9. The zero-order chi connectivity index (χ0) is 18.0. The van der Waals surface area contributed by atoms with Crippen molar-refractivity contribution in [1.82, 2.24) is 0 Å². The van der Waals surface area contributed by atoms with Crippen LogP contribution in [0.2, 0.25) is 0 Å². The molecule has 1 N–H and O–H groups in total. The van der Waals surface area contributed by atoms with E-state index in [1.54, 1.807) is 0 Å². The SMILES string of the molecule is O=S(=O)(O)CCCCOC(F)(F)C(F)(F)C(F)(F)C(F)(F)F. The van der Waals surface area contributed by atoms with Gasteiger partial charge in [0.1, 0.15) is 0 Å². The summed E-state index contributed by atoms with van der Waals surface area (Å²) in [6.45, 7) is -1.44. The molecule has 0 fully saturated rings. The van der Waals surface area contributed by atoms with Gasteiger partial charge in [0.2, 0.25) is 0 Å². The summed E-state index contributed by atoms with van der Waals surface area (Å²) in [4.78, 5) is 0. The van der Waals surface area contributed by atoms with E-state index in [1.807, 2.05) is 0 Å². The second kappa shape index (κ2) is 6.39. The summed E-state index contributed by atoms with van der Waals surface area (Å²) in [5, 5.41) is 0. The van der Waals surface area contributed by atoms with E-state index in [-0.39, 0.29) is 0 Å². The average molecular weight is 372 g/mol. The van der Waals surface area contributed by atoms with Crippen LogP contribution < -0.4 is 0 Å². The number of rotatable bonds is 8. The Bertz CT molecular complexity index is 470. The lowest BCUT2D eigenvalue weighted by atomic mass is 10.1. The minimum Gasteiger partial charge on any atom is -0.316 e. The molecule has 14 heteroatoms. The first-order valence-electron chi connectivity index (χ1n) is 5.25. The van der Waals surface area contributed by atoms with E-state index < -0.39 is 59.4 Å². The van der Waals surface area contributed by atoms with E-state index in [4.69, 9.17) is 4.55 Å². The molecule has 4 nitrogen and oxygen atoms in total. The van der Waals surface area contributed by atoms with E-state index in [1.165, 1.54) is 0 Å². The summed E-state index contributed by atoms with van der Waals surface area (Å²) in [6.07, 6.45) is -14.4. The molecule has 0 heterocycles. The third kappa shape index (κ3) is 4.87. The standard InChI is InChI=1S/C8H9F9O4S/c9-5(10,7(13,14)15)6(11,12)8(16,17)21-3-1-2-4-22(18,19)20/h1-4H2,(H,18,19,20). The van der Waals surface area contributed by atoms with Gasteiger partial charge in [-0.25, -0.2) is 0 Å². The molecule has 0 unspecified atom stereocenters. The Labute approximate surface area is 118 Å². The van der Waals surface area contributed by atoms with Gasteiger partial charge in [-0.1, -0.05) is 0 Å². The zero-order valence-electron chi connectivity index (χ0n) is 10.3. The van der Waals surface area contributed by atoms with Gasteiger partial charge in [-0.3, -0.25) is 4.55 Å². The highest BCUT2D eigenvalue weighted by Gasteiger charge is 2.82. The van der Waals surface area contributed by atoms with E-state index in [9.17, 15) is 47.9 Å². The molecule has 0 atom stereocenters. The van der Waals surface area contributed by atoms with Crippen LogP contribution in [0.15, 0.2) is 0 Å². The number of alkyl halides is 9. The maximum absolute atomic E-state index is 12.8. The van der Waals surface area contributed by atoms with Gasteiger partial charge in [-0.05, 0) is 12.8 Å². The fraction of sp³-hybridized carbons (Fsp3) is 1.00. The summed E-state index contributed by atoms with van der Waals surface area (Å²) in [5.41, 5.74) is 0. The second-order valence-corrected chi connectivity index (χ2v) is 5.58. The van der Waals surface area contributed by atoms with Crippen molar-refractivity contribution in [2.75, 3.05) is 12.4 Å². The monoisotopic (exact) mass is 372 g/mol. The number of ether oxygens (including phenoxy) is 1. The van der Waals surface area contributed by atoms with Gasteiger partial charge in [0, 0.05) is 0 Å². The molecular formula is C8H9F9O4S. The summed E-state index contributed by atoms with van der Waals surface area (Å²) in [7, 11) is -4.47. The molecule has 22 heavy (non-hydrogen) atoms. The molecule has 0 aliphatic rings. The largest absolute Gasteiger partial charge is 0.460 e. The van der Waals surface area contributed by atoms with Crippen LogP contribution in [0.4, 0.5) is 39.5 Å². The van der Waals surface area contributed by atoms with Crippen LogP contribution in [-0.4, -0.2) is 49.5 Å². The van der Waals surface area contributed by atoms with Crippen molar-refractivity contribution in [1.29, 1.82) is 0 Å². The molecule has 0 saturated heterocycles. The van der Waals surface area contributed by atoms with Gasteiger partial charge in [0.25, 0.3) is 10.1 Å². The maximum Gasteiger partial charge on any atom is 0.460 e. The molecule has 0 aliphatic heterocycles. The average Bonchev–Trinajstić information content (AvgIpc) is 2.24. The zero-order valence-corrected chi connectivity index (χ0v) is 11.1. The first-order chi connectivity index (χ1) is 9.46. The third-order valence-corrected chi connectivity index (χ3v) is 3.00. The van der Waals surface area contributed by atoms with E-state index in [2.05, 4.69) is 4.74 Å².